The Morgan fingerprint density at radius 3 is 2.35 bits per heavy atom. The molecular formula is C16H17ClN2S. The number of hydrogen-bond acceptors (Lipinski definition) is 2. The van der Waals surface area contributed by atoms with E-state index in [-0.39, 0.29) is 0 Å². The molecule has 0 aromatic heterocycles. The summed E-state index contributed by atoms with van der Waals surface area (Å²) in [5.41, 5.74) is 9.80. The molecule has 0 unspecified atom stereocenters. The molecule has 0 saturated carbocycles. The average Bonchev–Trinajstić information content (AvgIpc) is 2.46. The van der Waals surface area contributed by atoms with Crippen LogP contribution in [0.3, 0.4) is 0 Å². The number of nitrogens with one attached hydrogen (secondary N) is 1. The van der Waals surface area contributed by atoms with Gasteiger partial charge in [0.2, 0.25) is 0 Å². The summed E-state index contributed by atoms with van der Waals surface area (Å²) in [6.45, 7) is 2.88. The first-order valence-electron chi connectivity index (χ1n) is 6.51. The van der Waals surface area contributed by atoms with Crippen LogP contribution in [0.1, 0.15) is 23.6 Å². The van der Waals surface area contributed by atoms with E-state index in [0.29, 0.717) is 10.0 Å². The van der Waals surface area contributed by atoms with Crippen LogP contribution in [0, 0.1) is 0 Å². The van der Waals surface area contributed by atoms with Gasteiger partial charge in [-0.25, -0.2) is 0 Å². The number of anilines is 1. The fourth-order valence-electron chi connectivity index (χ4n) is 1.90. The second-order valence-corrected chi connectivity index (χ2v) is 5.43. The predicted octanol–water partition coefficient (Wildman–Crippen LogP) is 4.15. The van der Waals surface area contributed by atoms with Gasteiger partial charge in [0.1, 0.15) is 4.99 Å². The number of thiocarbonyl (C=S) groups is 1. The van der Waals surface area contributed by atoms with Gasteiger partial charge in [0.15, 0.2) is 0 Å². The lowest BCUT2D eigenvalue weighted by Gasteiger charge is -2.10. The van der Waals surface area contributed by atoms with Gasteiger partial charge in [-0.05, 0) is 35.7 Å². The minimum absolute atomic E-state index is 0.355. The van der Waals surface area contributed by atoms with Crippen LogP contribution in [0.5, 0.6) is 0 Å². The molecule has 0 bridgehead atoms. The maximum Gasteiger partial charge on any atom is 0.104 e. The van der Waals surface area contributed by atoms with Crippen LogP contribution in [0.2, 0.25) is 5.02 Å². The van der Waals surface area contributed by atoms with Gasteiger partial charge in [-0.3, -0.25) is 0 Å². The van der Waals surface area contributed by atoms with E-state index in [1.165, 1.54) is 11.1 Å². The van der Waals surface area contributed by atoms with E-state index in [1.54, 1.807) is 6.07 Å². The Hall–Kier alpha value is -1.58. The lowest BCUT2D eigenvalue weighted by molar-refractivity contribution is 1.11. The van der Waals surface area contributed by atoms with E-state index < -0.39 is 0 Å². The van der Waals surface area contributed by atoms with Crippen molar-refractivity contribution < 1.29 is 0 Å². The highest BCUT2D eigenvalue weighted by Crippen LogP contribution is 2.23. The number of aryl methyl sites for hydroxylation is 1. The number of benzene rings is 2. The molecule has 104 valence electrons. The maximum atomic E-state index is 6.21. The number of halogens is 1. The second kappa shape index (κ2) is 6.73. The minimum atomic E-state index is 0.355. The average molecular weight is 305 g/mol. The van der Waals surface area contributed by atoms with Crippen molar-refractivity contribution in [2.45, 2.75) is 19.9 Å². The highest BCUT2D eigenvalue weighted by molar-refractivity contribution is 7.80. The summed E-state index contributed by atoms with van der Waals surface area (Å²) < 4.78 is 0. The van der Waals surface area contributed by atoms with Gasteiger partial charge >= 0.3 is 0 Å². The molecule has 0 saturated heterocycles. The van der Waals surface area contributed by atoms with E-state index in [9.17, 15) is 0 Å². The molecule has 2 rings (SSSR count). The fraction of sp³-hybridized carbons (Fsp3) is 0.188. The Balaban J connectivity index is 2.04. The van der Waals surface area contributed by atoms with Gasteiger partial charge in [0.25, 0.3) is 0 Å². The van der Waals surface area contributed by atoms with Gasteiger partial charge in [-0.15, -0.1) is 0 Å². The summed E-state index contributed by atoms with van der Waals surface area (Å²) in [5.74, 6) is 0. The molecule has 2 aromatic rings. The van der Waals surface area contributed by atoms with Crippen molar-refractivity contribution in [3.05, 3.63) is 64.2 Å². The van der Waals surface area contributed by atoms with Gasteiger partial charge in [-0.2, -0.15) is 0 Å². The fourth-order valence-corrected chi connectivity index (χ4v) is 2.28. The molecule has 0 aliphatic heterocycles. The Morgan fingerprint density at radius 2 is 1.80 bits per heavy atom. The number of rotatable bonds is 5. The van der Waals surface area contributed by atoms with E-state index in [0.717, 1.165) is 24.2 Å². The van der Waals surface area contributed by atoms with Crippen LogP contribution in [-0.4, -0.2) is 4.99 Å². The summed E-state index contributed by atoms with van der Waals surface area (Å²) in [4.78, 5) is 0.355. The smallest absolute Gasteiger partial charge is 0.104 e. The third kappa shape index (κ3) is 3.71. The van der Waals surface area contributed by atoms with Crippen LogP contribution in [0.4, 0.5) is 5.69 Å². The molecule has 4 heteroatoms. The molecule has 3 N–H and O–H groups in total. The van der Waals surface area contributed by atoms with Crippen molar-refractivity contribution >= 4 is 34.5 Å². The van der Waals surface area contributed by atoms with Crippen LogP contribution in [0.15, 0.2) is 42.5 Å². The Bertz CT molecular complexity index is 608. The van der Waals surface area contributed by atoms with Crippen molar-refractivity contribution in [1.82, 2.24) is 0 Å². The summed E-state index contributed by atoms with van der Waals surface area (Å²) in [7, 11) is 0. The predicted molar refractivity (Wildman–Crippen MR) is 90.5 cm³/mol. The lowest BCUT2D eigenvalue weighted by atomic mass is 10.1. The monoisotopic (exact) mass is 304 g/mol. The first-order valence-corrected chi connectivity index (χ1v) is 7.30. The maximum absolute atomic E-state index is 6.21. The lowest BCUT2D eigenvalue weighted by Crippen LogP contribution is -2.09. The van der Waals surface area contributed by atoms with E-state index in [4.69, 9.17) is 29.6 Å². The second-order valence-electron chi connectivity index (χ2n) is 4.58. The normalized spacial score (nSPS) is 10.3. The Labute approximate surface area is 130 Å². The van der Waals surface area contributed by atoms with Gasteiger partial charge in [-0.1, -0.05) is 55.0 Å². The SMILES string of the molecule is CCc1ccc(CNc2ccc(C(N)=S)cc2Cl)cc1. The van der Waals surface area contributed by atoms with Crippen LogP contribution >= 0.6 is 23.8 Å². The molecule has 0 fully saturated rings. The summed E-state index contributed by atoms with van der Waals surface area (Å²) in [5, 5.41) is 3.94. The molecule has 0 heterocycles. The third-order valence-corrected chi connectivity index (χ3v) is 3.72. The van der Waals surface area contributed by atoms with Gasteiger partial charge < -0.3 is 11.1 Å². The van der Waals surface area contributed by atoms with E-state index in [2.05, 4.69) is 36.5 Å². The van der Waals surface area contributed by atoms with Crippen molar-refractivity contribution in [2.24, 2.45) is 5.73 Å². The standard InChI is InChI=1S/C16H17ClN2S/c1-2-11-3-5-12(6-4-11)10-19-15-8-7-13(16(18)20)9-14(15)17/h3-9,19H,2,10H2,1H3,(H2,18,20). The Morgan fingerprint density at radius 1 is 1.15 bits per heavy atom. The molecule has 0 aliphatic carbocycles. The molecule has 20 heavy (non-hydrogen) atoms. The quantitative estimate of drug-likeness (QED) is 0.815. The molecule has 0 amide bonds. The first-order chi connectivity index (χ1) is 9.60. The van der Waals surface area contributed by atoms with Gasteiger partial charge in [0.05, 0.1) is 10.7 Å². The van der Waals surface area contributed by atoms with Crippen molar-refractivity contribution in [3.8, 4) is 0 Å². The Kier molecular flexibility index (Phi) is 4.99. The molecule has 0 spiro atoms. The molecule has 0 radical (unpaired) electrons. The highest BCUT2D eigenvalue weighted by atomic mass is 35.5. The molecule has 0 aliphatic rings. The largest absolute Gasteiger partial charge is 0.389 e. The molecule has 2 nitrogen and oxygen atoms in total. The van der Waals surface area contributed by atoms with E-state index >= 15 is 0 Å². The number of hydrogen-bond donors (Lipinski definition) is 2. The zero-order chi connectivity index (χ0) is 14.5. The van der Waals surface area contributed by atoms with Gasteiger partial charge in [0, 0.05) is 12.1 Å². The van der Waals surface area contributed by atoms with Crippen LogP contribution < -0.4 is 11.1 Å². The molecular weight excluding hydrogens is 288 g/mol. The molecule has 2 aromatic carbocycles. The molecule has 0 atom stereocenters. The van der Waals surface area contributed by atoms with E-state index in [1.807, 2.05) is 12.1 Å². The number of nitrogens with two attached hydrogens (primary N) is 1. The highest BCUT2D eigenvalue weighted by Gasteiger charge is 2.03. The topological polar surface area (TPSA) is 38.0 Å². The zero-order valence-corrected chi connectivity index (χ0v) is 12.9. The zero-order valence-electron chi connectivity index (χ0n) is 11.3. The first kappa shape index (κ1) is 14.8. The van der Waals surface area contributed by atoms with Crippen LogP contribution in [-0.2, 0) is 13.0 Å². The van der Waals surface area contributed by atoms with Crippen molar-refractivity contribution in [3.63, 3.8) is 0 Å². The summed E-state index contributed by atoms with van der Waals surface area (Å²) in [6.07, 6.45) is 1.06. The van der Waals surface area contributed by atoms with Crippen LogP contribution in [0.25, 0.3) is 0 Å². The summed E-state index contributed by atoms with van der Waals surface area (Å²) in [6, 6.07) is 14.1. The third-order valence-electron chi connectivity index (χ3n) is 3.17. The van der Waals surface area contributed by atoms with Crippen molar-refractivity contribution in [2.75, 3.05) is 5.32 Å². The minimum Gasteiger partial charge on any atom is -0.389 e. The summed E-state index contributed by atoms with van der Waals surface area (Å²) >= 11 is 11.1. The van der Waals surface area contributed by atoms with Crippen molar-refractivity contribution in [1.29, 1.82) is 0 Å².